The number of imidazole rings is 1. The first kappa shape index (κ1) is 13.6. The van der Waals surface area contributed by atoms with Crippen LogP contribution in [-0.2, 0) is 17.7 Å². The second-order valence-corrected chi connectivity index (χ2v) is 6.15. The van der Waals surface area contributed by atoms with E-state index in [0.29, 0.717) is 6.10 Å². The summed E-state index contributed by atoms with van der Waals surface area (Å²) >= 11 is 0. The zero-order valence-electron chi connectivity index (χ0n) is 11.8. The maximum atomic E-state index is 5.73. The van der Waals surface area contributed by atoms with Crippen LogP contribution in [0.2, 0.25) is 0 Å². The van der Waals surface area contributed by atoms with Crippen LogP contribution in [0.3, 0.4) is 0 Å². The van der Waals surface area contributed by atoms with Crippen molar-refractivity contribution in [3.8, 4) is 0 Å². The molecule has 1 saturated heterocycles. The third kappa shape index (κ3) is 4.42. The van der Waals surface area contributed by atoms with Crippen LogP contribution in [0.5, 0.6) is 0 Å². The first-order chi connectivity index (χ1) is 8.53. The normalized spacial score (nSPS) is 21.2. The van der Waals surface area contributed by atoms with Crippen molar-refractivity contribution in [2.45, 2.75) is 64.6 Å². The molecule has 0 spiro atoms. The van der Waals surface area contributed by atoms with Gasteiger partial charge in [0, 0.05) is 37.0 Å². The average Bonchev–Trinajstić information content (AvgIpc) is 2.75. The lowest BCUT2D eigenvalue weighted by molar-refractivity contribution is 0.0157. The summed E-state index contributed by atoms with van der Waals surface area (Å²) in [5.41, 5.74) is 1.29. The minimum Gasteiger partial charge on any atom is -0.378 e. The minimum absolute atomic E-state index is 0.137. The summed E-state index contributed by atoms with van der Waals surface area (Å²) in [6.45, 7) is 8.24. The number of nitrogens with one attached hydrogen (secondary N) is 2. The molecule has 0 bridgehead atoms. The van der Waals surface area contributed by atoms with Crippen molar-refractivity contribution < 1.29 is 4.74 Å². The molecule has 1 aliphatic rings. The van der Waals surface area contributed by atoms with Crippen LogP contribution in [0, 0.1) is 0 Å². The van der Waals surface area contributed by atoms with E-state index in [4.69, 9.17) is 4.74 Å². The second-order valence-electron chi connectivity index (χ2n) is 6.15. The highest BCUT2D eigenvalue weighted by Crippen LogP contribution is 2.16. The molecule has 4 heteroatoms. The largest absolute Gasteiger partial charge is 0.378 e. The van der Waals surface area contributed by atoms with Gasteiger partial charge in [-0.05, 0) is 40.0 Å². The van der Waals surface area contributed by atoms with Gasteiger partial charge in [0.15, 0.2) is 0 Å². The van der Waals surface area contributed by atoms with E-state index in [0.717, 1.165) is 37.5 Å². The number of rotatable bonds is 4. The molecule has 0 radical (unpaired) electrons. The van der Waals surface area contributed by atoms with Crippen molar-refractivity contribution >= 4 is 0 Å². The van der Waals surface area contributed by atoms with Crippen LogP contribution in [0.15, 0.2) is 6.20 Å². The highest BCUT2D eigenvalue weighted by molar-refractivity contribution is 5.02. The quantitative estimate of drug-likeness (QED) is 0.864. The molecular weight excluding hydrogens is 226 g/mol. The predicted molar refractivity (Wildman–Crippen MR) is 72.5 cm³/mol. The number of aromatic nitrogens is 2. The van der Waals surface area contributed by atoms with Crippen molar-refractivity contribution in [3.05, 3.63) is 17.7 Å². The fourth-order valence-corrected chi connectivity index (χ4v) is 2.14. The van der Waals surface area contributed by atoms with E-state index in [-0.39, 0.29) is 5.54 Å². The molecule has 2 N–H and O–H groups in total. The third-order valence-corrected chi connectivity index (χ3v) is 3.19. The number of aromatic amines is 1. The molecule has 0 aliphatic carbocycles. The van der Waals surface area contributed by atoms with Crippen LogP contribution < -0.4 is 5.32 Å². The molecule has 0 aromatic carbocycles. The van der Waals surface area contributed by atoms with Crippen LogP contribution in [0.25, 0.3) is 0 Å². The lowest BCUT2D eigenvalue weighted by Crippen LogP contribution is -2.35. The van der Waals surface area contributed by atoms with Crippen molar-refractivity contribution in [1.82, 2.24) is 15.3 Å². The summed E-state index contributed by atoms with van der Waals surface area (Å²) < 4.78 is 5.73. The Morgan fingerprint density at radius 1 is 1.44 bits per heavy atom. The topological polar surface area (TPSA) is 49.9 Å². The summed E-state index contributed by atoms with van der Waals surface area (Å²) in [6.07, 6.45) is 6.84. The fraction of sp³-hybridized carbons (Fsp3) is 0.786. The van der Waals surface area contributed by atoms with E-state index in [9.17, 15) is 0 Å². The number of hydrogen-bond acceptors (Lipinski definition) is 3. The van der Waals surface area contributed by atoms with Gasteiger partial charge in [-0.1, -0.05) is 0 Å². The van der Waals surface area contributed by atoms with E-state index in [1.807, 2.05) is 6.20 Å². The Morgan fingerprint density at radius 3 is 2.94 bits per heavy atom. The van der Waals surface area contributed by atoms with Gasteiger partial charge in [-0.25, -0.2) is 4.98 Å². The van der Waals surface area contributed by atoms with Gasteiger partial charge in [-0.15, -0.1) is 0 Å². The molecule has 1 atom stereocenters. The molecule has 2 rings (SSSR count). The smallest absolute Gasteiger partial charge is 0.108 e. The van der Waals surface area contributed by atoms with Crippen molar-refractivity contribution in [3.63, 3.8) is 0 Å². The van der Waals surface area contributed by atoms with E-state index in [1.165, 1.54) is 12.8 Å². The van der Waals surface area contributed by atoms with Gasteiger partial charge >= 0.3 is 0 Å². The molecule has 0 amide bonds. The molecule has 4 nitrogen and oxygen atoms in total. The Hall–Kier alpha value is -0.870. The van der Waals surface area contributed by atoms with Gasteiger partial charge in [0.25, 0.3) is 0 Å². The van der Waals surface area contributed by atoms with Crippen LogP contribution in [0.4, 0.5) is 0 Å². The first-order valence-electron chi connectivity index (χ1n) is 6.92. The lowest BCUT2D eigenvalue weighted by Gasteiger charge is -2.21. The Morgan fingerprint density at radius 2 is 2.28 bits per heavy atom. The van der Waals surface area contributed by atoms with Gasteiger partial charge in [-0.3, -0.25) is 0 Å². The highest BCUT2D eigenvalue weighted by atomic mass is 16.5. The Bertz CT molecular complexity index is 361. The second kappa shape index (κ2) is 5.85. The third-order valence-electron chi connectivity index (χ3n) is 3.19. The van der Waals surface area contributed by atoms with Gasteiger partial charge in [0.2, 0.25) is 0 Å². The van der Waals surface area contributed by atoms with Gasteiger partial charge < -0.3 is 15.0 Å². The Kier molecular flexibility index (Phi) is 4.40. The Balaban J connectivity index is 1.82. The molecule has 102 valence electrons. The predicted octanol–water partition coefficient (Wildman–Crippen LogP) is 2.41. The molecule has 18 heavy (non-hydrogen) atoms. The number of H-pyrrole nitrogens is 1. The molecular formula is C14H25N3O. The summed E-state index contributed by atoms with van der Waals surface area (Å²) in [6, 6.07) is 0. The zero-order valence-corrected chi connectivity index (χ0v) is 11.8. The molecule has 2 heterocycles. The molecule has 1 aromatic heterocycles. The molecule has 0 saturated carbocycles. The van der Waals surface area contributed by atoms with E-state index in [1.54, 1.807) is 0 Å². The van der Waals surface area contributed by atoms with E-state index in [2.05, 4.69) is 36.1 Å². The molecule has 1 unspecified atom stereocenters. The zero-order chi connectivity index (χ0) is 13.0. The standard InChI is InChI=1S/C14H25N3O/c1-14(2,3)16-10-11-9-15-13(17-11)8-12-6-4-5-7-18-12/h9,12,16H,4-8,10H2,1-3H3,(H,15,17). The van der Waals surface area contributed by atoms with Crippen LogP contribution in [0.1, 0.15) is 51.6 Å². The van der Waals surface area contributed by atoms with Gasteiger partial charge in [-0.2, -0.15) is 0 Å². The highest BCUT2D eigenvalue weighted by Gasteiger charge is 2.16. The summed E-state index contributed by atoms with van der Waals surface area (Å²) in [5, 5.41) is 3.45. The van der Waals surface area contributed by atoms with Gasteiger partial charge in [0.1, 0.15) is 5.82 Å². The van der Waals surface area contributed by atoms with E-state index < -0.39 is 0 Å². The number of ether oxygens (including phenoxy) is 1. The van der Waals surface area contributed by atoms with Crippen molar-refractivity contribution in [2.75, 3.05) is 6.61 Å². The lowest BCUT2D eigenvalue weighted by atomic mass is 10.1. The van der Waals surface area contributed by atoms with E-state index >= 15 is 0 Å². The summed E-state index contributed by atoms with van der Waals surface area (Å²) in [7, 11) is 0. The minimum atomic E-state index is 0.137. The summed E-state index contributed by atoms with van der Waals surface area (Å²) in [4.78, 5) is 7.81. The molecule has 1 fully saturated rings. The first-order valence-corrected chi connectivity index (χ1v) is 6.92. The monoisotopic (exact) mass is 251 g/mol. The fourth-order valence-electron chi connectivity index (χ4n) is 2.14. The van der Waals surface area contributed by atoms with Crippen LogP contribution >= 0.6 is 0 Å². The maximum Gasteiger partial charge on any atom is 0.108 e. The summed E-state index contributed by atoms with van der Waals surface area (Å²) in [5.74, 6) is 1.05. The van der Waals surface area contributed by atoms with Crippen molar-refractivity contribution in [1.29, 1.82) is 0 Å². The van der Waals surface area contributed by atoms with Crippen LogP contribution in [-0.4, -0.2) is 28.2 Å². The number of hydrogen-bond donors (Lipinski definition) is 2. The molecule has 1 aromatic rings. The number of nitrogens with zero attached hydrogens (tertiary/aromatic N) is 1. The molecule has 1 aliphatic heterocycles. The SMILES string of the molecule is CC(C)(C)NCc1cnc(CC2CCCCO2)[nH]1. The Labute approximate surface area is 110 Å². The van der Waals surface area contributed by atoms with Crippen molar-refractivity contribution in [2.24, 2.45) is 0 Å². The van der Waals surface area contributed by atoms with Gasteiger partial charge in [0.05, 0.1) is 6.10 Å². The maximum absolute atomic E-state index is 5.73. The average molecular weight is 251 g/mol.